The molecule has 1 heterocycles. The van der Waals surface area contributed by atoms with Crippen molar-refractivity contribution in [1.29, 1.82) is 0 Å². The van der Waals surface area contributed by atoms with E-state index in [1.807, 2.05) is 48.7 Å². The van der Waals surface area contributed by atoms with E-state index in [-0.39, 0.29) is 22.9 Å². The Morgan fingerprint density at radius 3 is 2.85 bits per heavy atom. The molecule has 4 nitrogen and oxygen atoms in total. The fraction of sp³-hybridized carbons (Fsp3) is 0.304. The van der Waals surface area contributed by atoms with Gasteiger partial charge in [0.15, 0.2) is 0 Å². The second-order valence-electron chi connectivity index (χ2n) is 7.30. The summed E-state index contributed by atoms with van der Waals surface area (Å²) >= 11 is 0. The zero-order valence-electron chi connectivity index (χ0n) is 15.8. The molecule has 1 aliphatic carbocycles. The molecule has 0 radical (unpaired) electrons. The topological polar surface area (TPSA) is 51.1 Å². The molecule has 2 aromatic carbocycles. The van der Waals surface area contributed by atoms with Gasteiger partial charge in [0.25, 0.3) is 5.91 Å². The molecule has 0 bridgehead atoms. The Morgan fingerprint density at radius 1 is 1.22 bits per heavy atom. The van der Waals surface area contributed by atoms with E-state index in [1.54, 1.807) is 6.20 Å². The number of hydrogen-bond donors (Lipinski definition) is 1. The molecule has 4 heteroatoms. The Morgan fingerprint density at radius 2 is 2.04 bits per heavy atom. The number of carbonyl (C=O) groups excluding carboxylic acids is 1. The van der Waals surface area contributed by atoms with Gasteiger partial charge in [-0.3, -0.25) is 9.59 Å². The Balaban J connectivity index is 1.74. The Labute approximate surface area is 158 Å². The van der Waals surface area contributed by atoms with Crippen LogP contribution in [0, 0.1) is 6.92 Å². The largest absolute Gasteiger partial charge is 0.347 e. The molecule has 1 amide bonds. The van der Waals surface area contributed by atoms with Gasteiger partial charge >= 0.3 is 0 Å². The quantitative estimate of drug-likeness (QED) is 0.763. The molecule has 27 heavy (non-hydrogen) atoms. The number of aromatic nitrogens is 1. The fourth-order valence-electron chi connectivity index (χ4n) is 4.07. The van der Waals surface area contributed by atoms with Crippen LogP contribution in [-0.4, -0.2) is 10.5 Å². The summed E-state index contributed by atoms with van der Waals surface area (Å²) in [5.74, 6) is -0.285. The molecule has 1 N–H and O–H groups in total. The van der Waals surface area contributed by atoms with Gasteiger partial charge in [0.1, 0.15) is 5.56 Å². The summed E-state index contributed by atoms with van der Waals surface area (Å²) < 4.78 is 1.97. The lowest BCUT2D eigenvalue weighted by Crippen LogP contribution is -2.34. The highest BCUT2D eigenvalue weighted by Crippen LogP contribution is 2.29. The van der Waals surface area contributed by atoms with Gasteiger partial charge in [-0.25, -0.2) is 0 Å². The van der Waals surface area contributed by atoms with Gasteiger partial charge in [0.2, 0.25) is 5.43 Å². The highest BCUT2D eigenvalue weighted by molar-refractivity contribution is 5.97. The zero-order chi connectivity index (χ0) is 19.0. The fourth-order valence-corrected chi connectivity index (χ4v) is 4.07. The maximum absolute atomic E-state index is 13.0. The Hall–Kier alpha value is -2.88. The first-order chi connectivity index (χ1) is 13.1. The summed E-state index contributed by atoms with van der Waals surface area (Å²) in [6.45, 7) is 4.68. The van der Waals surface area contributed by atoms with Crippen LogP contribution in [0.1, 0.15) is 52.9 Å². The second kappa shape index (κ2) is 7.03. The van der Waals surface area contributed by atoms with Gasteiger partial charge in [-0.1, -0.05) is 35.9 Å². The molecular weight excluding hydrogens is 336 g/mol. The van der Waals surface area contributed by atoms with Crippen LogP contribution in [0.2, 0.25) is 0 Å². The average molecular weight is 360 g/mol. The molecule has 4 rings (SSSR count). The lowest BCUT2D eigenvalue weighted by molar-refractivity contribution is 0.0931. The molecule has 0 fully saturated rings. The van der Waals surface area contributed by atoms with E-state index in [1.165, 1.54) is 11.1 Å². The smallest absolute Gasteiger partial charge is 0.257 e. The van der Waals surface area contributed by atoms with Crippen molar-refractivity contribution in [2.45, 2.75) is 45.7 Å². The van der Waals surface area contributed by atoms with Crippen LogP contribution in [0.25, 0.3) is 10.9 Å². The molecular formula is C23H24N2O2. The average Bonchev–Trinajstić information content (AvgIpc) is 2.69. The Kier molecular flexibility index (Phi) is 4.56. The maximum Gasteiger partial charge on any atom is 0.257 e. The van der Waals surface area contributed by atoms with Gasteiger partial charge in [-0.05, 0) is 56.4 Å². The van der Waals surface area contributed by atoms with Gasteiger partial charge in [0, 0.05) is 18.1 Å². The minimum absolute atomic E-state index is 0.0369. The standard InChI is InChI=1S/C23H24N2O2/c1-3-25-14-19(22(26)18-13-15(2)11-12-21(18)25)23(27)24-20-10-6-8-16-7-4-5-9-17(16)20/h4-5,7,9,11-14,20H,3,6,8,10H2,1-2H3,(H,24,27)/t20-/m1/s1. The minimum Gasteiger partial charge on any atom is -0.347 e. The lowest BCUT2D eigenvalue weighted by Gasteiger charge is -2.26. The van der Waals surface area contributed by atoms with Crippen LogP contribution in [0.3, 0.4) is 0 Å². The number of hydrogen-bond acceptors (Lipinski definition) is 2. The lowest BCUT2D eigenvalue weighted by atomic mass is 9.87. The van der Waals surface area contributed by atoms with E-state index in [4.69, 9.17) is 0 Å². The normalized spacial score (nSPS) is 16.1. The summed E-state index contributed by atoms with van der Waals surface area (Å²) in [6.07, 6.45) is 4.68. The first-order valence-corrected chi connectivity index (χ1v) is 9.61. The first kappa shape index (κ1) is 17.5. The molecule has 1 aliphatic rings. The summed E-state index contributed by atoms with van der Waals surface area (Å²) in [6, 6.07) is 14.0. The van der Waals surface area contributed by atoms with Crippen molar-refractivity contribution >= 4 is 16.8 Å². The molecule has 1 atom stereocenters. The third-order valence-corrected chi connectivity index (χ3v) is 5.50. The SMILES string of the molecule is CCn1cc(C(=O)N[C@@H]2CCCc3ccccc32)c(=O)c2cc(C)ccc21. The van der Waals surface area contributed by atoms with E-state index in [0.29, 0.717) is 11.9 Å². The number of amides is 1. The highest BCUT2D eigenvalue weighted by Gasteiger charge is 2.23. The van der Waals surface area contributed by atoms with E-state index in [2.05, 4.69) is 17.4 Å². The molecule has 0 saturated heterocycles. The van der Waals surface area contributed by atoms with E-state index in [9.17, 15) is 9.59 Å². The predicted octanol–water partition coefficient (Wildman–Crippen LogP) is 4.14. The minimum atomic E-state index is -0.285. The summed E-state index contributed by atoms with van der Waals surface area (Å²) in [4.78, 5) is 26.0. The second-order valence-corrected chi connectivity index (χ2v) is 7.30. The summed E-state index contributed by atoms with van der Waals surface area (Å²) in [5, 5.41) is 3.72. The monoisotopic (exact) mass is 360 g/mol. The predicted molar refractivity (Wildman–Crippen MR) is 108 cm³/mol. The van der Waals surface area contributed by atoms with Crippen LogP contribution in [0.15, 0.2) is 53.5 Å². The van der Waals surface area contributed by atoms with Crippen molar-refractivity contribution in [3.05, 3.63) is 81.1 Å². The van der Waals surface area contributed by atoms with Crippen molar-refractivity contribution < 1.29 is 4.79 Å². The van der Waals surface area contributed by atoms with Crippen molar-refractivity contribution in [3.8, 4) is 0 Å². The molecule has 0 unspecified atom stereocenters. The first-order valence-electron chi connectivity index (χ1n) is 9.61. The molecule has 138 valence electrons. The number of nitrogens with zero attached hydrogens (tertiary/aromatic N) is 1. The van der Waals surface area contributed by atoms with Crippen LogP contribution in [0.4, 0.5) is 0 Å². The molecule has 0 saturated carbocycles. The number of aryl methyl sites for hydroxylation is 3. The molecule has 0 aliphatic heterocycles. The highest BCUT2D eigenvalue weighted by atomic mass is 16.2. The number of nitrogens with one attached hydrogen (secondary N) is 1. The van der Waals surface area contributed by atoms with Crippen LogP contribution >= 0.6 is 0 Å². The van der Waals surface area contributed by atoms with Crippen molar-refractivity contribution in [2.75, 3.05) is 0 Å². The number of rotatable bonds is 3. The van der Waals surface area contributed by atoms with Crippen molar-refractivity contribution in [1.82, 2.24) is 9.88 Å². The van der Waals surface area contributed by atoms with E-state index in [0.717, 1.165) is 30.3 Å². The number of carbonyl (C=O) groups is 1. The number of pyridine rings is 1. The van der Waals surface area contributed by atoms with Crippen molar-refractivity contribution in [2.24, 2.45) is 0 Å². The van der Waals surface area contributed by atoms with Gasteiger partial charge in [-0.15, -0.1) is 0 Å². The van der Waals surface area contributed by atoms with Gasteiger partial charge in [0.05, 0.1) is 11.6 Å². The Bertz CT molecular complexity index is 1080. The number of benzene rings is 2. The van der Waals surface area contributed by atoms with Gasteiger partial charge in [-0.2, -0.15) is 0 Å². The van der Waals surface area contributed by atoms with Crippen LogP contribution < -0.4 is 10.7 Å². The van der Waals surface area contributed by atoms with Crippen LogP contribution in [0.5, 0.6) is 0 Å². The summed E-state index contributed by atoms with van der Waals surface area (Å²) in [5.41, 5.74) is 4.37. The van der Waals surface area contributed by atoms with Gasteiger partial charge < -0.3 is 9.88 Å². The summed E-state index contributed by atoms with van der Waals surface area (Å²) in [7, 11) is 0. The maximum atomic E-state index is 13.0. The zero-order valence-corrected chi connectivity index (χ0v) is 15.8. The number of fused-ring (bicyclic) bond motifs is 2. The van der Waals surface area contributed by atoms with E-state index < -0.39 is 0 Å². The van der Waals surface area contributed by atoms with E-state index >= 15 is 0 Å². The molecule has 3 aromatic rings. The molecule has 1 aromatic heterocycles. The third kappa shape index (κ3) is 3.16. The molecule has 0 spiro atoms. The van der Waals surface area contributed by atoms with Crippen molar-refractivity contribution in [3.63, 3.8) is 0 Å². The van der Waals surface area contributed by atoms with Crippen LogP contribution in [-0.2, 0) is 13.0 Å². The third-order valence-electron chi connectivity index (χ3n) is 5.50.